The first kappa shape index (κ1) is 19.1. The molecule has 1 aliphatic carbocycles. The van der Waals surface area contributed by atoms with Crippen LogP contribution in [0.4, 0.5) is 5.82 Å². The van der Waals surface area contributed by atoms with E-state index in [-0.39, 0.29) is 0 Å². The Hall–Kier alpha value is -2.86. The summed E-state index contributed by atoms with van der Waals surface area (Å²) in [6.45, 7) is 0. The van der Waals surface area contributed by atoms with E-state index in [1.165, 1.54) is 31.2 Å². The average molecular weight is 422 g/mol. The Bertz CT molecular complexity index is 1220. The molecular weight excluding hydrogens is 398 g/mol. The summed E-state index contributed by atoms with van der Waals surface area (Å²) < 4.78 is 7.67. The van der Waals surface area contributed by atoms with E-state index in [1.54, 1.807) is 13.4 Å². The molecule has 2 unspecified atom stereocenters. The summed E-state index contributed by atoms with van der Waals surface area (Å²) in [5.41, 5.74) is 9.03. The Morgan fingerprint density at radius 3 is 2.97 bits per heavy atom. The van der Waals surface area contributed by atoms with E-state index in [9.17, 15) is 0 Å². The number of nitrogen functional groups attached to an aromatic ring is 1. The standard InChI is InChI=1S/C23H24ClN5O/c1-30-23-18-8-9-29(22(18)26-13-27-23)17-7-5-14(10-17)2-3-15-4-6-16-12-19(24)21(25)28-20(16)11-15/h4,6,8-9,11-14,17H,2-3,5,7,10H2,1H3,(H2,25,28). The number of nitrogens with two attached hydrogens (primary N) is 1. The van der Waals surface area contributed by atoms with E-state index in [0.29, 0.717) is 28.7 Å². The molecule has 6 nitrogen and oxygen atoms in total. The van der Waals surface area contributed by atoms with E-state index < -0.39 is 0 Å². The number of hydrogen-bond donors (Lipinski definition) is 1. The van der Waals surface area contributed by atoms with Gasteiger partial charge in [-0.05, 0) is 61.8 Å². The van der Waals surface area contributed by atoms with Crippen molar-refractivity contribution in [1.82, 2.24) is 19.5 Å². The van der Waals surface area contributed by atoms with Crippen molar-refractivity contribution < 1.29 is 4.74 Å². The van der Waals surface area contributed by atoms with Crippen LogP contribution >= 0.6 is 11.6 Å². The molecule has 0 radical (unpaired) electrons. The van der Waals surface area contributed by atoms with Crippen molar-refractivity contribution in [2.45, 2.75) is 38.1 Å². The number of methoxy groups -OCH3 is 1. The summed E-state index contributed by atoms with van der Waals surface area (Å²) >= 11 is 6.08. The summed E-state index contributed by atoms with van der Waals surface area (Å²) in [5, 5.41) is 2.51. The van der Waals surface area contributed by atoms with Crippen molar-refractivity contribution in [2.24, 2.45) is 5.92 Å². The third kappa shape index (κ3) is 3.45. The number of rotatable bonds is 5. The predicted octanol–water partition coefficient (Wildman–Crippen LogP) is 5.20. The fourth-order valence-electron chi connectivity index (χ4n) is 4.70. The highest BCUT2D eigenvalue weighted by molar-refractivity contribution is 6.33. The Balaban J connectivity index is 1.27. The Labute approximate surface area is 180 Å². The number of halogens is 1. The molecule has 0 spiro atoms. The van der Waals surface area contributed by atoms with Gasteiger partial charge in [0.15, 0.2) is 0 Å². The van der Waals surface area contributed by atoms with Gasteiger partial charge in [0.1, 0.15) is 17.8 Å². The van der Waals surface area contributed by atoms with Gasteiger partial charge in [-0.3, -0.25) is 0 Å². The molecule has 3 heterocycles. The Morgan fingerprint density at radius 1 is 1.20 bits per heavy atom. The van der Waals surface area contributed by atoms with E-state index >= 15 is 0 Å². The summed E-state index contributed by atoms with van der Waals surface area (Å²) in [6.07, 6.45) is 9.50. The van der Waals surface area contributed by atoms with Gasteiger partial charge < -0.3 is 15.0 Å². The Kier molecular flexibility index (Phi) is 4.95. The molecule has 5 rings (SSSR count). The number of hydrogen-bond acceptors (Lipinski definition) is 5. The van der Waals surface area contributed by atoms with Gasteiger partial charge in [-0.25, -0.2) is 15.0 Å². The van der Waals surface area contributed by atoms with E-state index in [0.717, 1.165) is 28.4 Å². The van der Waals surface area contributed by atoms with Crippen LogP contribution in [-0.2, 0) is 6.42 Å². The summed E-state index contributed by atoms with van der Waals surface area (Å²) in [4.78, 5) is 13.1. The molecule has 0 amide bonds. The van der Waals surface area contributed by atoms with Crippen LogP contribution in [0.3, 0.4) is 0 Å². The van der Waals surface area contributed by atoms with Gasteiger partial charge in [0.2, 0.25) is 5.88 Å². The van der Waals surface area contributed by atoms with Crippen molar-refractivity contribution >= 4 is 39.4 Å². The smallest absolute Gasteiger partial charge is 0.225 e. The normalized spacial score (nSPS) is 19.0. The van der Waals surface area contributed by atoms with Crippen LogP contribution in [0.15, 0.2) is 42.9 Å². The number of anilines is 1. The van der Waals surface area contributed by atoms with Crippen molar-refractivity contribution in [3.05, 3.63) is 53.4 Å². The maximum absolute atomic E-state index is 6.08. The first-order valence-electron chi connectivity index (χ1n) is 10.3. The second-order valence-corrected chi connectivity index (χ2v) is 8.50. The molecule has 4 aromatic rings. The van der Waals surface area contributed by atoms with Gasteiger partial charge >= 0.3 is 0 Å². The maximum atomic E-state index is 6.08. The van der Waals surface area contributed by atoms with E-state index in [2.05, 4.69) is 50.0 Å². The molecule has 2 N–H and O–H groups in total. The van der Waals surface area contributed by atoms with Gasteiger partial charge in [0.05, 0.1) is 23.0 Å². The number of fused-ring (bicyclic) bond motifs is 2. The number of nitrogens with zero attached hydrogens (tertiary/aromatic N) is 4. The molecule has 1 saturated carbocycles. The van der Waals surface area contributed by atoms with Gasteiger partial charge in [0.25, 0.3) is 0 Å². The number of benzene rings is 1. The van der Waals surface area contributed by atoms with Crippen molar-refractivity contribution in [3.63, 3.8) is 0 Å². The molecule has 1 aromatic carbocycles. The summed E-state index contributed by atoms with van der Waals surface area (Å²) in [6, 6.07) is 10.8. The topological polar surface area (TPSA) is 78.9 Å². The van der Waals surface area contributed by atoms with E-state index in [4.69, 9.17) is 22.1 Å². The molecule has 0 bridgehead atoms. The van der Waals surface area contributed by atoms with Gasteiger partial charge in [-0.1, -0.05) is 23.7 Å². The van der Waals surface area contributed by atoms with Crippen molar-refractivity contribution in [3.8, 4) is 5.88 Å². The fraction of sp³-hybridized carbons (Fsp3) is 0.348. The molecule has 0 aliphatic heterocycles. The quantitative estimate of drug-likeness (QED) is 0.479. The zero-order chi connectivity index (χ0) is 20.7. The lowest BCUT2D eigenvalue weighted by molar-refractivity contribution is 0.402. The van der Waals surface area contributed by atoms with Crippen LogP contribution in [0.2, 0.25) is 5.02 Å². The third-order valence-corrected chi connectivity index (χ3v) is 6.58. The highest BCUT2D eigenvalue weighted by atomic mass is 35.5. The van der Waals surface area contributed by atoms with Gasteiger partial charge in [0, 0.05) is 17.6 Å². The molecule has 2 atom stereocenters. The fourth-order valence-corrected chi connectivity index (χ4v) is 4.86. The second kappa shape index (κ2) is 7.76. The van der Waals surface area contributed by atoms with Crippen LogP contribution in [-0.4, -0.2) is 26.6 Å². The Morgan fingerprint density at radius 2 is 2.10 bits per heavy atom. The zero-order valence-electron chi connectivity index (χ0n) is 16.9. The lowest BCUT2D eigenvalue weighted by atomic mass is 9.97. The predicted molar refractivity (Wildman–Crippen MR) is 120 cm³/mol. The minimum absolute atomic E-state index is 0.388. The number of aryl methyl sites for hydroxylation is 1. The highest BCUT2D eigenvalue weighted by Gasteiger charge is 2.27. The number of aromatic nitrogens is 4. The largest absolute Gasteiger partial charge is 0.480 e. The molecule has 1 aliphatic rings. The van der Waals surface area contributed by atoms with Gasteiger partial charge in [-0.15, -0.1) is 0 Å². The van der Waals surface area contributed by atoms with Crippen LogP contribution in [0, 0.1) is 5.92 Å². The second-order valence-electron chi connectivity index (χ2n) is 8.10. The maximum Gasteiger partial charge on any atom is 0.225 e. The van der Waals surface area contributed by atoms with Gasteiger partial charge in [-0.2, -0.15) is 0 Å². The molecule has 0 saturated heterocycles. The lowest BCUT2D eigenvalue weighted by Crippen LogP contribution is -2.06. The van der Waals surface area contributed by atoms with E-state index in [1.807, 2.05) is 6.07 Å². The molecule has 1 fully saturated rings. The molecule has 3 aromatic heterocycles. The highest BCUT2D eigenvalue weighted by Crippen LogP contribution is 2.39. The van der Waals surface area contributed by atoms with Crippen LogP contribution < -0.4 is 10.5 Å². The summed E-state index contributed by atoms with van der Waals surface area (Å²) in [7, 11) is 1.65. The molecular formula is C23H24ClN5O. The SMILES string of the molecule is COc1ncnc2c1ccn2C1CCC(CCc2ccc3cc(Cl)c(N)nc3c2)C1. The van der Waals surface area contributed by atoms with Crippen LogP contribution in [0.25, 0.3) is 21.9 Å². The molecule has 7 heteroatoms. The molecule has 154 valence electrons. The first-order valence-corrected chi connectivity index (χ1v) is 10.7. The molecule has 30 heavy (non-hydrogen) atoms. The van der Waals surface area contributed by atoms with Crippen molar-refractivity contribution in [2.75, 3.05) is 12.8 Å². The minimum Gasteiger partial charge on any atom is -0.480 e. The van der Waals surface area contributed by atoms with Crippen LogP contribution in [0.5, 0.6) is 5.88 Å². The minimum atomic E-state index is 0.388. The first-order chi connectivity index (χ1) is 14.6. The summed E-state index contributed by atoms with van der Waals surface area (Å²) in [5.74, 6) is 1.73. The number of pyridine rings is 1. The lowest BCUT2D eigenvalue weighted by Gasteiger charge is -2.14. The van der Waals surface area contributed by atoms with Crippen LogP contribution in [0.1, 0.15) is 37.3 Å². The zero-order valence-corrected chi connectivity index (χ0v) is 17.6. The van der Waals surface area contributed by atoms with Crippen molar-refractivity contribution in [1.29, 1.82) is 0 Å². The number of ether oxygens (including phenoxy) is 1. The third-order valence-electron chi connectivity index (χ3n) is 6.28. The monoisotopic (exact) mass is 421 g/mol. The average Bonchev–Trinajstić information content (AvgIpc) is 3.39.